The first-order valence-electron chi connectivity index (χ1n) is 1.92. The molecule has 4 nitrogen and oxygen atoms in total. The first kappa shape index (κ1) is 22.6. The zero-order chi connectivity index (χ0) is 5.86. The maximum absolute atomic E-state index is 10.2. The van der Waals surface area contributed by atoms with Crippen molar-refractivity contribution < 1.29 is 40.0 Å². The van der Waals surface area contributed by atoms with Crippen LogP contribution in [-0.2, 0) is 29.0 Å². The summed E-state index contributed by atoms with van der Waals surface area (Å²) in [7, 11) is 1.33. The second kappa shape index (κ2) is 11.5. The van der Waals surface area contributed by atoms with Crippen molar-refractivity contribution in [2.75, 3.05) is 7.11 Å². The fourth-order valence-electron chi connectivity index (χ4n) is 0.174. The van der Waals surface area contributed by atoms with Gasteiger partial charge in [-0.25, -0.2) is 4.79 Å². The van der Waals surface area contributed by atoms with Gasteiger partial charge < -0.3 is 15.7 Å². The van der Waals surface area contributed by atoms with Crippen molar-refractivity contribution in [1.29, 1.82) is 0 Å². The summed E-state index contributed by atoms with van der Waals surface area (Å²) in [5.74, 6) is -0.347. The monoisotopic (exact) mass is 198 g/mol. The van der Waals surface area contributed by atoms with Crippen LogP contribution in [0.5, 0.6) is 0 Å². The number of ether oxygens (including phenoxy) is 1. The zero-order valence-corrected chi connectivity index (χ0v) is 9.09. The van der Waals surface area contributed by atoms with Gasteiger partial charge in [-0.3, -0.25) is 0 Å². The Kier molecular flexibility index (Phi) is 26.0. The molecule has 0 fully saturated rings. The molecule has 0 aliphatic carbocycles. The summed E-state index contributed by atoms with van der Waals surface area (Å²) in [6, 6.07) is 0. The standard InChI is InChI=1S/C5H8O2.2H2O.Zn/c1-4(2)5(6)7-3;;;/h1H2,2-3H3;2*1H2;/q;;;+2/p-2. The predicted molar refractivity (Wildman–Crippen MR) is 30.7 cm³/mol. The van der Waals surface area contributed by atoms with Crippen LogP contribution in [0.4, 0.5) is 0 Å². The van der Waals surface area contributed by atoms with Gasteiger partial charge in [0.15, 0.2) is 0 Å². The van der Waals surface area contributed by atoms with Gasteiger partial charge in [0.25, 0.3) is 0 Å². The summed E-state index contributed by atoms with van der Waals surface area (Å²) in [4.78, 5) is 10.2. The molecular formula is C5H10O4Zn. The van der Waals surface area contributed by atoms with E-state index in [1.807, 2.05) is 0 Å². The van der Waals surface area contributed by atoms with Crippen LogP contribution in [0.15, 0.2) is 12.2 Å². The second-order valence-electron chi connectivity index (χ2n) is 1.27. The van der Waals surface area contributed by atoms with Gasteiger partial charge in [-0.2, -0.15) is 0 Å². The molecule has 0 saturated carbocycles. The average molecular weight is 200 g/mol. The molecule has 0 aliphatic heterocycles. The van der Waals surface area contributed by atoms with E-state index >= 15 is 0 Å². The van der Waals surface area contributed by atoms with Crippen LogP contribution in [-0.4, -0.2) is 24.0 Å². The molecule has 0 heterocycles. The number of carbonyl (C=O) groups is 1. The van der Waals surface area contributed by atoms with Crippen LogP contribution in [0.2, 0.25) is 0 Å². The topological polar surface area (TPSA) is 86.3 Å². The molecule has 0 bridgehead atoms. The Morgan fingerprint density at radius 1 is 1.40 bits per heavy atom. The Bertz CT molecular complexity index is 102. The van der Waals surface area contributed by atoms with E-state index in [1.165, 1.54) is 7.11 Å². The predicted octanol–water partition coefficient (Wildman–Crippen LogP) is 0.379. The molecule has 0 rings (SSSR count). The molecular weight excluding hydrogens is 189 g/mol. The van der Waals surface area contributed by atoms with Crippen molar-refractivity contribution in [1.82, 2.24) is 0 Å². The van der Waals surface area contributed by atoms with E-state index in [-0.39, 0.29) is 36.4 Å². The van der Waals surface area contributed by atoms with E-state index in [0.29, 0.717) is 5.57 Å². The largest absolute Gasteiger partial charge is 2.00 e. The van der Waals surface area contributed by atoms with E-state index in [2.05, 4.69) is 11.3 Å². The van der Waals surface area contributed by atoms with Crippen molar-refractivity contribution >= 4 is 5.97 Å². The molecule has 0 aromatic carbocycles. The average Bonchev–Trinajstić information content (AvgIpc) is 1.65. The Morgan fingerprint density at radius 3 is 1.70 bits per heavy atom. The molecule has 5 heteroatoms. The van der Waals surface area contributed by atoms with Crippen LogP contribution >= 0.6 is 0 Å². The zero-order valence-electron chi connectivity index (χ0n) is 6.13. The van der Waals surface area contributed by atoms with Crippen molar-refractivity contribution in [2.24, 2.45) is 0 Å². The third-order valence-electron chi connectivity index (χ3n) is 0.534. The van der Waals surface area contributed by atoms with E-state index in [0.717, 1.165) is 0 Å². The van der Waals surface area contributed by atoms with Crippen LogP contribution in [0.3, 0.4) is 0 Å². The molecule has 56 valence electrons. The van der Waals surface area contributed by atoms with Crippen LogP contribution < -0.4 is 0 Å². The Balaban J connectivity index is -0.0000000600. The maximum Gasteiger partial charge on any atom is 2.00 e. The van der Waals surface area contributed by atoms with E-state index < -0.39 is 0 Å². The molecule has 0 amide bonds. The number of rotatable bonds is 1. The first-order valence-corrected chi connectivity index (χ1v) is 1.92. The molecule has 0 aromatic rings. The van der Waals surface area contributed by atoms with Crippen LogP contribution in [0, 0.1) is 0 Å². The fourth-order valence-corrected chi connectivity index (χ4v) is 0.174. The molecule has 0 unspecified atom stereocenters. The molecule has 0 aliphatic rings. The van der Waals surface area contributed by atoms with Crippen molar-refractivity contribution in [3.05, 3.63) is 12.2 Å². The number of methoxy groups -OCH3 is 1. The fraction of sp³-hybridized carbons (Fsp3) is 0.400. The van der Waals surface area contributed by atoms with E-state index in [4.69, 9.17) is 0 Å². The molecule has 0 atom stereocenters. The third kappa shape index (κ3) is 10.7. The van der Waals surface area contributed by atoms with E-state index in [1.54, 1.807) is 6.92 Å². The van der Waals surface area contributed by atoms with Gasteiger partial charge in [0, 0.05) is 5.57 Å². The van der Waals surface area contributed by atoms with Gasteiger partial charge >= 0.3 is 25.4 Å². The van der Waals surface area contributed by atoms with Gasteiger partial charge in [0.05, 0.1) is 7.11 Å². The normalized spacial score (nSPS) is 5.40. The van der Waals surface area contributed by atoms with Crippen LogP contribution in [0.1, 0.15) is 6.92 Å². The molecule has 0 aromatic heterocycles. The molecule has 2 N–H and O–H groups in total. The quantitative estimate of drug-likeness (QED) is 0.347. The number of esters is 1. The Morgan fingerprint density at radius 2 is 1.70 bits per heavy atom. The SMILES string of the molecule is C=C(C)C(=O)OC.[OH-].[OH-].[Zn+2]. The summed E-state index contributed by atoms with van der Waals surface area (Å²) < 4.78 is 4.27. The minimum Gasteiger partial charge on any atom is -0.870 e. The van der Waals surface area contributed by atoms with Gasteiger partial charge in [-0.1, -0.05) is 6.58 Å². The number of hydrogen-bond donors (Lipinski definition) is 0. The van der Waals surface area contributed by atoms with Gasteiger partial charge in [0.1, 0.15) is 0 Å². The van der Waals surface area contributed by atoms with Gasteiger partial charge in [0.2, 0.25) is 0 Å². The Hall–Kier alpha value is -0.247. The summed E-state index contributed by atoms with van der Waals surface area (Å²) in [5.41, 5.74) is 0.433. The summed E-state index contributed by atoms with van der Waals surface area (Å²) in [5, 5.41) is 0. The molecule has 0 saturated heterocycles. The first-order chi connectivity index (χ1) is 3.18. The van der Waals surface area contributed by atoms with Crippen molar-refractivity contribution in [3.63, 3.8) is 0 Å². The minimum atomic E-state index is -0.347. The van der Waals surface area contributed by atoms with E-state index in [9.17, 15) is 4.79 Å². The summed E-state index contributed by atoms with van der Waals surface area (Å²) in [6.07, 6.45) is 0. The minimum absolute atomic E-state index is 0. The second-order valence-corrected chi connectivity index (χ2v) is 1.27. The number of carbonyl (C=O) groups excluding carboxylic acids is 1. The third-order valence-corrected chi connectivity index (χ3v) is 0.534. The van der Waals surface area contributed by atoms with Crippen molar-refractivity contribution in [2.45, 2.75) is 6.92 Å². The molecule has 0 radical (unpaired) electrons. The maximum atomic E-state index is 10.2. The molecule has 10 heavy (non-hydrogen) atoms. The summed E-state index contributed by atoms with van der Waals surface area (Å²) in [6.45, 7) is 4.95. The van der Waals surface area contributed by atoms with Crippen molar-refractivity contribution in [3.8, 4) is 0 Å². The summed E-state index contributed by atoms with van der Waals surface area (Å²) >= 11 is 0. The van der Waals surface area contributed by atoms with Gasteiger partial charge in [-0.15, -0.1) is 0 Å². The van der Waals surface area contributed by atoms with Crippen LogP contribution in [0.25, 0.3) is 0 Å². The smallest absolute Gasteiger partial charge is 0.870 e. The van der Waals surface area contributed by atoms with Gasteiger partial charge in [-0.05, 0) is 6.92 Å². The number of hydrogen-bond acceptors (Lipinski definition) is 4. The Labute approximate surface area is 72.6 Å². The molecule has 0 spiro atoms.